The smallest absolute Gasteiger partial charge is 0.0798 e. The van der Waals surface area contributed by atoms with E-state index in [-0.39, 0.29) is 0 Å². The molecule has 0 bridgehead atoms. The van der Waals surface area contributed by atoms with Crippen molar-refractivity contribution in [3.05, 3.63) is 16.1 Å². The Morgan fingerprint density at radius 1 is 1.62 bits per heavy atom. The van der Waals surface area contributed by atoms with E-state index in [0.717, 1.165) is 13.0 Å². The van der Waals surface area contributed by atoms with Crippen LogP contribution in [0.3, 0.4) is 0 Å². The predicted molar refractivity (Wildman–Crippen MR) is 64.6 cm³/mol. The summed E-state index contributed by atoms with van der Waals surface area (Å²) in [5.74, 6) is 0. The molecule has 4 heteroatoms. The van der Waals surface area contributed by atoms with E-state index in [1.807, 2.05) is 16.8 Å². The summed E-state index contributed by atoms with van der Waals surface area (Å²) in [7, 11) is 0. The molecule has 0 atom stereocenters. The Hall–Kier alpha value is 0.320. The lowest BCUT2D eigenvalue weighted by Gasteiger charge is -2.25. The fraction of sp³-hybridized carbons (Fsp3) is 0.667. The van der Waals surface area contributed by atoms with Gasteiger partial charge in [-0.1, -0.05) is 22.6 Å². The van der Waals surface area contributed by atoms with E-state index in [1.54, 1.807) is 0 Å². The summed E-state index contributed by atoms with van der Waals surface area (Å²) in [6.45, 7) is 3.59. The number of hydrogen-bond acceptors (Lipinski definition) is 3. The molecule has 0 fully saturated rings. The zero-order valence-corrected chi connectivity index (χ0v) is 10.5. The number of alkyl halides is 1. The van der Waals surface area contributed by atoms with Gasteiger partial charge in [-0.2, -0.15) is 0 Å². The SMILES string of the molecule is ICCCN1CCc2ncsc2C1. The van der Waals surface area contributed by atoms with Crippen molar-refractivity contribution in [2.45, 2.75) is 19.4 Å². The molecule has 0 radical (unpaired) electrons. The molecule has 2 nitrogen and oxygen atoms in total. The zero-order chi connectivity index (χ0) is 9.10. The van der Waals surface area contributed by atoms with Crippen LogP contribution in [0.1, 0.15) is 17.0 Å². The van der Waals surface area contributed by atoms with Gasteiger partial charge in [-0.25, -0.2) is 4.98 Å². The summed E-state index contributed by atoms with van der Waals surface area (Å²) < 4.78 is 1.27. The monoisotopic (exact) mass is 308 g/mol. The number of halogens is 1. The highest BCUT2D eigenvalue weighted by atomic mass is 127. The van der Waals surface area contributed by atoms with Crippen molar-refractivity contribution in [1.29, 1.82) is 0 Å². The molecular formula is C9H13IN2S. The first-order chi connectivity index (χ1) is 6.40. The van der Waals surface area contributed by atoms with Crippen LogP contribution in [0.25, 0.3) is 0 Å². The van der Waals surface area contributed by atoms with Gasteiger partial charge in [0.1, 0.15) is 0 Å². The maximum atomic E-state index is 4.36. The third kappa shape index (κ3) is 2.41. The minimum atomic E-state index is 1.14. The summed E-state index contributed by atoms with van der Waals surface area (Å²) >= 11 is 4.25. The molecule has 13 heavy (non-hydrogen) atoms. The van der Waals surface area contributed by atoms with Gasteiger partial charge in [0.2, 0.25) is 0 Å². The summed E-state index contributed by atoms with van der Waals surface area (Å²) in [6, 6.07) is 0. The van der Waals surface area contributed by atoms with Crippen molar-refractivity contribution in [1.82, 2.24) is 9.88 Å². The highest BCUT2D eigenvalue weighted by Crippen LogP contribution is 2.21. The number of fused-ring (bicyclic) bond motifs is 1. The first-order valence-corrected chi connectivity index (χ1v) is 7.00. The lowest BCUT2D eigenvalue weighted by atomic mass is 10.2. The molecule has 1 aromatic heterocycles. The first kappa shape index (κ1) is 9.86. The second-order valence-corrected chi connectivity index (χ2v) is 5.31. The number of hydrogen-bond donors (Lipinski definition) is 0. The number of rotatable bonds is 3. The van der Waals surface area contributed by atoms with Gasteiger partial charge in [-0.3, -0.25) is 4.90 Å². The van der Waals surface area contributed by atoms with E-state index in [4.69, 9.17) is 0 Å². The Morgan fingerprint density at radius 3 is 3.38 bits per heavy atom. The van der Waals surface area contributed by atoms with Gasteiger partial charge in [0.25, 0.3) is 0 Å². The van der Waals surface area contributed by atoms with E-state index in [1.165, 1.54) is 34.5 Å². The normalized spacial score (nSPS) is 17.3. The number of thiazole rings is 1. The molecule has 1 aliphatic rings. The largest absolute Gasteiger partial charge is 0.298 e. The Kier molecular flexibility index (Phi) is 3.57. The molecule has 72 valence electrons. The van der Waals surface area contributed by atoms with Crippen LogP contribution in [0.2, 0.25) is 0 Å². The maximum Gasteiger partial charge on any atom is 0.0798 e. The Bertz CT molecular complexity index is 274. The Morgan fingerprint density at radius 2 is 2.54 bits per heavy atom. The molecule has 0 N–H and O–H groups in total. The molecule has 1 aliphatic heterocycles. The summed E-state index contributed by atoms with van der Waals surface area (Å²) in [4.78, 5) is 8.39. The average molecular weight is 308 g/mol. The van der Waals surface area contributed by atoms with Crippen molar-refractivity contribution in [2.75, 3.05) is 17.5 Å². The highest BCUT2D eigenvalue weighted by molar-refractivity contribution is 14.1. The molecule has 0 saturated carbocycles. The van der Waals surface area contributed by atoms with Crippen LogP contribution < -0.4 is 0 Å². The van der Waals surface area contributed by atoms with Crippen LogP contribution in [0.15, 0.2) is 5.51 Å². The van der Waals surface area contributed by atoms with Gasteiger partial charge < -0.3 is 0 Å². The minimum Gasteiger partial charge on any atom is -0.298 e. The molecule has 0 aliphatic carbocycles. The van der Waals surface area contributed by atoms with E-state index < -0.39 is 0 Å². The molecule has 2 heterocycles. The van der Waals surface area contributed by atoms with Crippen LogP contribution in [-0.4, -0.2) is 27.4 Å². The van der Waals surface area contributed by atoms with Gasteiger partial charge in [0.15, 0.2) is 0 Å². The van der Waals surface area contributed by atoms with Crippen LogP contribution in [-0.2, 0) is 13.0 Å². The fourth-order valence-corrected chi connectivity index (χ4v) is 2.84. The third-order valence-corrected chi connectivity index (χ3v) is 3.99. The number of nitrogens with zero attached hydrogens (tertiary/aromatic N) is 2. The van der Waals surface area contributed by atoms with Crippen molar-refractivity contribution in [3.8, 4) is 0 Å². The lowest BCUT2D eigenvalue weighted by Crippen LogP contribution is -2.30. The standard InChI is InChI=1S/C9H13IN2S/c10-3-1-4-12-5-2-8-9(6-12)13-7-11-8/h7H,1-6H2. The topological polar surface area (TPSA) is 16.1 Å². The minimum absolute atomic E-state index is 1.14. The van der Waals surface area contributed by atoms with E-state index >= 15 is 0 Å². The van der Waals surface area contributed by atoms with Crippen molar-refractivity contribution in [2.24, 2.45) is 0 Å². The van der Waals surface area contributed by atoms with E-state index in [0.29, 0.717) is 0 Å². The van der Waals surface area contributed by atoms with Gasteiger partial charge in [0.05, 0.1) is 11.2 Å². The summed E-state index contributed by atoms with van der Waals surface area (Å²) in [5.41, 5.74) is 3.32. The molecule has 0 unspecified atom stereocenters. The highest BCUT2D eigenvalue weighted by Gasteiger charge is 2.17. The van der Waals surface area contributed by atoms with Gasteiger partial charge in [-0.15, -0.1) is 11.3 Å². The summed E-state index contributed by atoms with van der Waals surface area (Å²) in [5, 5.41) is 0. The van der Waals surface area contributed by atoms with Crippen molar-refractivity contribution >= 4 is 33.9 Å². The second kappa shape index (κ2) is 4.70. The second-order valence-electron chi connectivity index (χ2n) is 3.29. The van der Waals surface area contributed by atoms with Gasteiger partial charge in [-0.05, 0) is 13.0 Å². The van der Waals surface area contributed by atoms with Crippen molar-refractivity contribution in [3.63, 3.8) is 0 Å². The maximum absolute atomic E-state index is 4.36. The van der Waals surface area contributed by atoms with Crippen LogP contribution in [0, 0.1) is 0 Å². The van der Waals surface area contributed by atoms with Crippen LogP contribution in [0.4, 0.5) is 0 Å². The molecule has 0 amide bonds. The van der Waals surface area contributed by atoms with Crippen LogP contribution in [0.5, 0.6) is 0 Å². The predicted octanol–water partition coefficient (Wildman–Crippen LogP) is 2.33. The molecule has 0 aromatic carbocycles. The molecule has 0 saturated heterocycles. The fourth-order valence-electron chi connectivity index (χ4n) is 1.65. The van der Waals surface area contributed by atoms with Gasteiger partial charge in [0, 0.05) is 28.8 Å². The zero-order valence-electron chi connectivity index (χ0n) is 7.50. The lowest BCUT2D eigenvalue weighted by molar-refractivity contribution is 0.257. The summed E-state index contributed by atoms with van der Waals surface area (Å²) in [6.07, 6.45) is 2.47. The van der Waals surface area contributed by atoms with E-state index in [2.05, 4.69) is 32.5 Å². The molecule has 1 aromatic rings. The first-order valence-electron chi connectivity index (χ1n) is 4.59. The molecule has 0 spiro atoms. The third-order valence-electron chi connectivity index (χ3n) is 2.37. The Balaban J connectivity index is 1.93. The molecule has 2 rings (SSSR count). The molecular weight excluding hydrogens is 295 g/mol. The van der Waals surface area contributed by atoms with Crippen LogP contribution >= 0.6 is 33.9 Å². The average Bonchev–Trinajstić information content (AvgIpc) is 2.61. The van der Waals surface area contributed by atoms with Crippen molar-refractivity contribution < 1.29 is 0 Å². The quantitative estimate of drug-likeness (QED) is 0.629. The van der Waals surface area contributed by atoms with Gasteiger partial charge >= 0.3 is 0 Å². The Labute approximate surface area is 96.5 Å². The number of aromatic nitrogens is 1. The van der Waals surface area contributed by atoms with E-state index in [9.17, 15) is 0 Å².